The third-order valence-corrected chi connectivity index (χ3v) is 6.10. The van der Waals surface area contributed by atoms with Gasteiger partial charge in [0.25, 0.3) is 0 Å². The molecule has 1 aromatic heterocycles. The van der Waals surface area contributed by atoms with Crippen molar-refractivity contribution in [1.29, 1.82) is 0 Å². The Kier molecular flexibility index (Phi) is 6.99. The zero-order chi connectivity index (χ0) is 22.5. The summed E-state index contributed by atoms with van der Waals surface area (Å²) in [5.74, 6) is 0. The van der Waals surface area contributed by atoms with Crippen LogP contribution in [-0.2, 0) is 19.3 Å². The lowest BCUT2D eigenvalue weighted by Crippen LogP contribution is -2.04. The third kappa shape index (κ3) is 5.42. The first-order valence-electron chi connectivity index (χ1n) is 11.4. The fourth-order valence-electron chi connectivity index (χ4n) is 4.27. The molecule has 0 bridgehead atoms. The molecule has 4 rings (SSSR count). The van der Waals surface area contributed by atoms with Crippen molar-refractivity contribution in [2.45, 2.75) is 51.7 Å². The minimum absolute atomic E-state index is 0.501. The Morgan fingerprint density at radius 2 is 1.62 bits per heavy atom. The maximum Gasteiger partial charge on any atom is 0.0793 e. The topological polar surface area (TPSA) is 53.4 Å². The highest BCUT2D eigenvalue weighted by atomic mass is 16.3. The molecule has 0 aliphatic heterocycles. The van der Waals surface area contributed by atoms with E-state index in [1.807, 2.05) is 36.4 Å². The van der Waals surface area contributed by atoms with E-state index in [1.54, 1.807) is 6.92 Å². The molecule has 0 fully saturated rings. The number of benzene rings is 3. The Hall–Kier alpha value is -3.01. The maximum absolute atomic E-state index is 10.8. The van der Waals surface area contributed by atoms with Crippen molar-refractivity contribution in [2.24, 2.45) is 0 Å². The third-order valence-electron chi connectivity index (χ3n) is 6.10. The Bertz CT molecular complexity index is 1200. The predicted molar refractivity (Wildman–Crippen MR) is 131 cm³/mol. The lowest BCUT2D eigenvalue weighted by molar-refractivity contribution is 0.166. The quantitative estimate of drug-likeness (QED) is 0.361. The first kappa shape index (κ1) is 22.2. The molecule has 0 amide bonds. The Morgan fingerprint density at radius 1 is 0.812 bits per heavy atom. The molecule has 3 heteroatoms. The summed E-state index contributed by atoms with van der Waals surface area (Å²) in [6.45, 7) is 3.87. The summed E-state index contributed by atoms with van der Waals surface area (Å²) in [5.41, 5.74) is 7.53. The van der Waals surface area contributed by atoms with Gasteiger partial charge < -0.3 is 10.2 Å². The van der Waals surface area contributed by atoms with E-state index >= 15 is 0 Å². The van der Waals surface area contributed by atoms with Crippen molar-refractivity contribution >= 4 is 10.9 Å². The number of aromatic nitrogens is 1. The highest BCUT2D eigenvalue weighted by Crippen LogP contribution is 2.24. The van der Waals surface area contributed by atoms with Gasteiger partial charge in [-0.05, 0) is 79.5 Å². The largest absolute Gasteiger partial charge is 0.389 e. The molecule has 2 N–H and O–H groups in total. The van der Waals surface area contributed by atoms with Crippen molar-refractivity contribution < 1.29 is 10.2 Å². The molecule has 2 atom stereocenters. The number of aliphatic hydroxyl groups excluding tert-OH is 2. The second-order valence-corrected chi connectivity index (χ2v) is 8.67. The number of fused-ring (bicyclic) bond motifs is 1. The van der Waals surface area contributed by atoms with Crippen LogP contribution in [0.3, 0.4) is 0 Å². The highest BCUT2D eigenvalue weighted by molar-refractivity contribution is 5.79. The van der Waals surface area contributed by atoms with Crippen LogP contribution < -0.4 is 0 Å². The molecule has 0 aliphatic carbocycles. The summed E-state index contributed by atoms with van der Waals surface area (Å²) in [4.78, 5) is 4.82. The molecule has 0 saturated heterocycles. The van der Waals surface area contributed by atoms with E-state index in [2.05, 4.69) is 49.4 Å². The molecule has 32 heavy (non-hydrogen) atoms. The first-order valence-corrected chi connectivity index (χ1v) is 11.4. The molecule has 0 spiro atoms. The molecule has 164 valence electrons. The molecule has 1 unspecified atom stereocenters. The van der Waals surface area contributed by atoms with Gasteiger partial charge in [-0.25, -0.2) is 0 Å². The van der Waals surface area contributed by atoms with Crippen LogP contribution in [0, 0.1) is 6.92 Å². The highest BCUT2D eigenvalue weighted by Gasteiger charge is 2.12. The van der Waals surface area contributed by atoms with Crippen molar-refractivity contribution in [3.05, 3.63) is 112 Å². The lowest BCUT2D eigenvalue weighted by Gasteiger charge is -2.15. The van der Waals surface area contributed by atoms with Crippen LogP contribution in [0.2, 0.25) is 0 Å². The van der Waals surface area contributed by atoms with Crippen LogP contribution >= 0.6 is 0 Å². The summed E-state index contributed by atoms with van der Waals surface area (Å²) >= 11 is 0. The number of rotatable bonds is 8. The Labute approximate surface area is 190 Å². The van der Waals surface area contributed by atoms with E-state index in [4.69, 9.17) is 4.98 Å². The number of hydrogen-bond donors (Lipinski definition) is 2. The van der Waals surface area contributed by atoms with Crippen molar-refractivity contribution in [2.75, 3.05) is 0 Å². The van der Waals surface area contributed by atoms with E-state index in [0.29, 0.717) is 6.42 Å². The maximum atomic E-state index is 10.8. The van der Waals surface area contributed by atoms with Gasteiger partial charge in [-0.15, -0.1) is 0 Å². The number of aryl methyl sites for hydroxylation is 4. The van der Waals surface area contributed by atoms with Gasteiger partial charge in [-0.2, -0.15) is 0 Å². The Morgan fingerprint density at radius 3 is 2.47 bits per heavy atom. The van der Waals surface area contributed by atoms with Crippen LogP contribution in [0.4, 0.5) is 0 Å². The van der Waals surface area contributed by atoms with Gasteiger partial charge in [0.05, 0.1) is 17.7 Å². The zero-order valence-electron chi connectivity index (χ0n) is 18.8. The summed E-state index contributed by atoms with van der Waals surface area (Å²) in [6, 6.07) is 26.8. The second kappa shape index (κ2) is 10.1. The van der Waals surface area contributed by atoms with Gasteiger partial charge >= 0.3 is 0 Å². The van der Waals surface area contributed by atoms with Gasteiger partial charge in [0.1, 0.15) is 0 Å². The standard InChI is InChI=1S/C29H31NO2/c1-20-10-12-24-13-16-26(30-28(24)18-20)15-11-22-6-5-8-25(19-22)29(32)17-14-23-7-3-4-9-27(23)21(2)31/h3-10,12-13,16,18-19,21,29,31-32H,11,14-15,17H2,1-2H3/t21?,29-/m0/s1. The summed E-state index contributed by atoms with van der Waals surface area (Å²) in [7, 11) is 0. The van der Waals surface area contributed by atoms with Gasteiger partial charge in [0.15, 0.2) is 0 Å². The molecule has 4 aromatic rings. The Balaban J connectivity index is 1.40. The van der Waals surface area contributed by atoms with Crippen molar-refractivity contribution in [1.82, 2.24) is 4.98 Å². The van der Waals surface area contributed by atoms with Crippen LogP contribution in [0.5, 0.6) is 0 Å². The average molecular weight is 426 g/mol. The zero-order valence-corrected chi connectivity index (χ0v) is 18.8. The van der Waals surface area contributed by atoms with E-state index in [1.165, 1.54) is 16.5 Å². The van der Waals surface area contributed by atoms with Crippen molar-refractivity contribution in [3.8, 4) is 0 Å². The summed E-state index contributed by atoms with van der Waals surface area (Å²) in [6.07, 6.45) is 2.07. The van der Waals surface area contributed by atoms with Gasteiger partial charge in [-0.1, -0.05) is 66.7 Å². The van der Waals surface area contributed by atoms with Gasteiger partial charge in [-0.3, -0.25) is 4.98 Å². The average Bonchev–Trinajstić information content (AvgIpc) is 2.81. The van der Waals surface area contributed by atoms with Crippen molar-refractivity contribution in [3.63, 3.8) is 0 Å². The molecule has 0 saturated carbocycles. The van der Waals surface area contributed by atoms with Crippen LogP contribution in [-0.4, -0.2) is 15.2 Å². The minimum atomic E-state index is -0.529. The number of nitrogens with zero attached hydrogens (tertiary/aromatic N) is 1. The van der Waals surface area contributed by atoms with Crippen LogP contribution in [0.1, 0.15) is 59.1 Å². The first-order chi connectivity index (χ1) is 15.5. The van der Waals surface area contributed by atoms with E-state index in [-0.39, 0.29) is 0 Å². The number of hydrogen-bond acceptors (Lipinski definition) is 3. The van der Waals surface area contributed by atoms with E-state index in [0.717, 1.165) is 47.2 Å². The van der Waals surface area contributed by atoms with Crippen LogP contribution in [0.25, 0.3) is 10.9 Å². The van der Waals surface area contributed by atoms with Crippen LogP contribution in [0.15, 0.2) is 78.9 Å². The molecular formula is C29H31NO2. The molecule has 0 aliphatic rings. The van der Waals surface area contributed by atoms with E-state index < -0.39 is 12.2 Å². The SMILES string of the molecule is Cc1ccc2ccc(CCc3cccc([C@@H](O)CCc4ccccc4C(C)O)c3)nc2c1. The molecule has 3 aromatic carbocycles. The van der Waals surface area contributed by atoms with E-state index in [9.17, 15) is 10.2 Å². The monoisotopic (exact) mass is 425 g/mol. The second-order valence-electron chi connectivity index (χ2n) is 8.67. The minimum Gasteiger partial charge on any atom is -0.389 e. The molecule has 0 radical (unpaired) electrons. The lowest BCUT2D eigenvalue weighted by atomic mass is 9.95. The molecular weight excluding hydrogens is 394 g/mol. The molecule has 3 nitrogen and oxygen atoms in total. The van der Waals surface area contributed by atoms with Gasteiger partial charge in [0.2, 0.25) is 0 Å². The summed E-state index contributed by atoms with van der Waals surface area (Å²) in [5, 5.41) is 21.9. The number of pyridine rings is 1. The fourth-order valence-corrected chi connectivity index (χ4v) is 4.27. The number of aliphatic hydroxyl groups is 2. The summed E-state index contributed by atoms with van der Waals surface area (Å²) < 4.78 is 0. The fraction of sp³-hybridized carbons (Fsp3) is 0.276. The normalized spacial score (nSPS) is 13.2. The van der Waals surface area contributed by atoms with Gasteiger partial charge in [0, 0.05) is 11.1 Å². The smallest absolute Gasteiger partial charge is 0.0793 e. The molecule has 1 heterocycles. The predicted octanol–water partition coefficient (Wildman–Crippen LogP) is 6.05.